The van der Waals surface area contributed by atoms with Crippen LogP contribution >= 0.6 is 0 Å². The van der Waals surface area contributed by atoms with Gasteiger partial charge in [0, 0.05) is 6.42 Å². The van der Waals surface area contributed by atoms with Gasteiger partial charge < -0.3 is 18.9 Å². The molecule has 106 valence electrons. The second-order valence-electron chi connectivity index (χ2n) is 3.84. The van der Waals surface area contributed by atoms with Crippen molar-refractivity contribution in [1.29, 1.82) is 0 Å². The number of esters is 1. The second kappa shape index (κ2) is 7.51. The molecule has 0 aliphatic carbocycles. The fraction of sp³-hybridized carbons (Fsp3) is 0.500. The molecule has 0 aromatic heterocycles. The lowest BCUT2D eigenvalue weighted by atomic mass is 10.1. The Hall–Kier alpha value is -1.91. The van der Waals surface area contributed by atoms with E-state index in [4.69, 9.17) is 18.9 Å². The first-order valence-corrected chi connectivity index (χ1v) is 6.10. The van der Waals surface area contributed by atoms with Crippen molar-refractivity contribution in [2.24, 2.45) is 0 Å². The smallest absolute Gasteiger partial charge is 0.306 e. The third-order valence-corrected chi connectivity index (χ3v) is 2.65. The third kappa shape index (κ3) is 4.05. The maximum Gasteiger partial charge on any atom is 0.306 e. The normalized spacial score (nSPS) is 9.89. The van der Waals surface area contributed by atoms with Crippen LogP contribution in [0.15, 0.2) is 12.1 Å². The summed E-state index contributed by atoms with van der Waals surface area (Å²) in [4.78, 5) is 11.3. The van der Waals surface area contributed by atoms with Crippen molar-refractivity contribution in [3.8, 4) is 17.2 Å². The molecule has 1 aromatic rings. The summed E-state index contributed by atoms with van der Waals surface area (Å²) >= 11 is 0. The molecule has 0 N–H and O–H groups in total. The molecular formula is C14H20O5. The van der Waals surface area contributed by atoms with E-state index in [1.807, 2.05) is 12.1 Å². The van der Waals surface area contributed by atoms with Gasteiger partial charge in [0.25, 0.3) is 0 Å². The third-order valence-electron chi connectivity index (χ3n) is 2.65. The van der Waals surface area contributed by atoms with Crippen LogP contribution in [0.3, 0.4) is 0 Å². The highest BCUT2D eigenvalue weighted by Crippen LogP contribution is 2.38. The minimum Gasteiger partial charge on any atom is -0.493 e. The molecule has 0 aliphatic heterocycles. The van der Waals surface area contributed by atoms with Gasteiger partial charge in [-0.15, -0.1) is 0 Å². The maximum atomic E-state index is 11.3. The van der Waals surface area contributed by atoms with E-state index >= 15 is 0 Å². The second-order valence-corrected chi connectivity index (χ2v) is 3.84. The van der Waals surface area contributed by atoms with Crippen LogP contribution in [0.5, 0.6) is 17.2 Å². The molecule has 1 rings (SSSR count). The monoisotopic (exact) mass is 268 g/mol. The summed E-state index contributed by atoms with van der Waals surface area (Å²) in [6, 6.07) is 3.67. The molecule has 0 aliphatic rings. The van der Waals surface area contributed by atoms with E-state index in [1.165, 1.54) is 0 Å². The van der Waals surface area contributed by atoms with Gasteiger partial charge in [-0.2, -0.15) is 0 Å². The summed E-state index contributed by atoms with van der Waals surface area (Å²) in [7, 11) is 4.68. The van der Waals surface area contributed by atoms with E-state index in [0.717, 1.165) is 5.56 Å². The Morgan fingerprint density at radius 1 is 1.05 bits per heavy atom. The summed E-state index contributed by atoms with van der Waals surface area (Å²) in [6.07, 6.45) is 0.891. The highest BCUT2D eigenvalue weighted by molar-refractivity contribution is 5.69. The van der Waals surface area contributed by atoms with Crippen LogP contribution in [0.25, 0.3) is 0 Å². The van der Waals surface area contributed by atoms with E-state index in [2.05, 4.69) is 0 Å². The summed E-state index contributed by atoms with van der Waals surface area (Å²) in [5, 5.41) is 0. The number of ether oxygens (including phenoxy) is 4. The molecule has 0 atom stereocenters. The molecule has 0 spiro atoms. The first-order chi connectivity index (χ1) is 9.15. The zero-order valence-electron chi connectivity index (χ0n) is 11.8. The molecule has 0 heterocycles. The average molecular weight is 268 g/mol. The van der Waals surface area contributed by atoms with Crippen LogP contribution < -0.4 is 14.2 Å². The SMILES string of the molecule is CCOC(=O)CCc1cc(OC)c(OC)c(OC)c1. The zero-order chi connectivity index (χ0) is 14.3. The Bertz CT molecular complexity index is 403. The van der Waals surface area contributed by atoms with Crippen molar-refractivity contribution in [1.82, 2.24) is 0 Å². The van der Waals surface area contributed by atoms with Crippen molar-refractivity contribution in [2.75, 3.05) is 27.9 Å². The molecular weight excluding hydrogens is 248 g/mol. The van der Waals surface area contributed by atoms with Crippen molar-refractivity contribution in [3.63, 3.8) is 0 Å². The van der Waals surface area contributed by atoms with Gasteiger partial charge in [-0.3, -0.25) is 4.79 Å². The molecule has 5 nitrogen and oxygen atoms in total. The Morgan fingerprint density at radius 2 is 1.63 bits per heavy atom. The molecule has 0 bridgehead atoms. The maximum absolute atomic E-state index is 11.3. The van der Waals surface area contributed by atoms with Gasteiger partial charge in [0.2, 0.25) is 5.75 Å². The van der Waals surface area contributed by atoms with Crippen LogP contribution in [0.4, 0.5) is 0 Å². The van der Waals surface area contributed by atoms with Crippen LogP contribution in [-0.2, 0) is 16.0 Å². The number of carbonyl (C=O) groups is 1. The van der Waals surface area contributed by atoms with Gasteiger partial charge >= 0.3 is 5.97 Å². The number of carbonyl (C=O) groups excluding carboxylic acids is 1. The Balaban J connectivity index is 2.87. The molecule has 5 heteroatoms. The molecule has 0 unspecified atom stereocenters. The first-order valence-electron chi connectivity index (χ1n) is 6.10. The summed E-state index contributed by atoms with van der Waals surface area (Å²) in [6.45, 7) is 2.19. The lowest BCUT2D eigenvalue weighted by Gasteiger charge is -2.14. The van der Waals surface area contributed by atoms with Crippen molar-refractivity contribution < 1.29 is 23.7 Å². The summed E-state index contributed by atoms with van der Waals surface area (Å²) in [5.41, 5.74) is 0.933. The van der Waals surface area contributed by atoms with Crippen LogP contribution in [0.1, 0.15) is 18.9 Å². The van der Waals surface area contributed by atoms with Gasteiger partial charge in [0.05, 0.1) is 27.9 Å². The molecule has 19 heavy (non-hydrogen) atoms. The highest BCUT2D eigenvalue weighted by atomic mass is 16.5. The number of rotatable bonds is 7. The number of methoxy groups -OCH3 is 3. The Labute approximate surface area is 113 Å². The van der Waals surface area contributed by atoms with Crippen molar-refractivity contribution >= 4 is 5.97 Å². The van der Waals surface area contributed by atoms with E-state index in [9.17, 15) is 4.79 Å². The van der Waals surface area contributed by atoms with Gasteiger partial charge in [-0.25, -0.2) is 0 Å². The predicted molar refractivity (Wildman–Crippen MR) is 71.1 cm³/mol. The van der Waals surface area contributed by atoms with Crippen molar-refractivity contribution in [3.05, 3.63) is 17.7 Å². The molecule has 0 saturated carbocycles. The van der Waals surface area contributed by atoms with Crippen LogP contribution in [-0.4, -0.2) is 33.9 Å². The molecule has 0 amide bonds. The molecule has 1 aromatic carbocycles. The Morgan fingerprint density at radius 3 is 2.05 bits per heavy atom. The average Bonchev–Trinajstić information content (AvgIpc) is 2.44. The van der Waals surface area contributed by atoms with Gasteiger partial charge in [0.1, 0.15) is 0 Å². The predicted octanol–water partition coefficient (Wildman–Crippen LogP) is 2.21. The van der Waals surface area contributed by atoms with Crippen LogP contribution in [0.2, 0.25) is 0 Å². The van der Waals surface area contributed by atoms with Gasteiger partial charge in [-0.05, 0) is 31.0 Å². The number of aryl methyl sites for hydroxylation is 1. The standard InChI is InChI=1S/C14H20O5/c1-5-19-13(15)7-6-10-8-11(16-2)14(18-4)12(9-10)17-3/h8-9H,5-7H2,1-4H3. The van der Waals surface area contributed by atoms with Crippen LogP contribution in [0, 0.1) is 0 Å². The number of benzene rings is 1. The number of hydrogen-bond donors (Lipinski definition) is 0. The van der Waals surface area contributed by atoms with E-state index in [-0.39, 0.29) is 5.97 Å². The lowest BCUT2D eigenvalue weighted by Crippen LogP contribution is -2.05. The first kappa shape index (κ1) is 15.1. The van der Waals surface area contributed by atoms with E-state index in [0.29, 0.717) is 36.7 Å². The zero-order valence-corrected chi connectivity index (χ0v) is 11.8. The number of hydrogen-bond acceptors (Lipinski definition) is 5. The topological polar surface area (TPSA) is 54.0 Å². The van der Waals surface area contributed by atoms with E-state index < -0.39 is 0 Å². The molecule has 0 fully saturated rings. The highest BCUT2D eigenvalue weighted by Gasteiger charge is 2.13. The summed E-state index contributed by atoms with van der Waals surface area (Å²) in [5.74, 6) is 1.50. The fourth-order valence-corrected chi connectivity index (χ4v) is 1.76. The minimum absolute atomic E-state index is 0.212. The largest absolute Gasteiger partial charge is 0.493 e. The quantitative estimate of drug-likeness (QED) is 0.710. The fourth-order valence-electron chi connectivity index (χ4n) is 1.76. The van der Waals surface area contributed by atoms with E-state index in [1.54, 1.807) is 28.3 Å². The molecule has 0 radical (unpaired) electrons. The lowest BCUT2D eigenvalue weighted by molar-refractivity contribution is -0.143. The Kier molecular flexibility index (Phi) is 5.99. The summed E-state index contributed by atoms with van der Waals surface area (Å²) < 4.78 is 20.6. The molecule has 0 saturated heterocycles. The van der Waals surface area contributed by atoms with Crippen molar-refractivity contribution in [2.45, 2.75) is 19.8 Å². The minimum atomic E-state index is -0.212. The van der Waals surface area contributed by atoms with Gasteiger partial charge in [0.15, 0.2) is 11.5 Å². The van der Waals surface area contributed by atoms with Gasteiger partial charge in [-0.1, -0.05) is 0 Å².